The van der Waals surface area contributed by atoms with Gasteiger partial charge in [0, 0.05) is 17.1 Å². The first-order valence-corrected chi connectivity index (χ1v) is 9.82. The van der Waals surface area contributed by atoms with Crippen molar-refractivity contribution in [3.63, 3.8) is 0 Å². The molecule has 0 radical (unpaired) electrons. The van der Waals surface area contributed by atoms with E-state index in [0.717, 1.165) is 14.7 Å². The van der Waals surface area contributed by atoms with Gasteiger partial charge in [-0.25, -0.2) is 0 Å². The van der Waals surface area contributed by atoms with Crippen LogP contribution in [0.4, 0.5) is 0 Å². The minimum atomic E-state index is -0.357. The first kappa shape index (κ1) is 20.9. The second-order valence-electron chi connectivity index (χ2n) is 5.94. The minimum absolute atomic E-state index is 0.147. The monoisotopic (exact) mass is 468 g/mol. The first-order valence-electron chi connectivity index (χ1n) is 8.74. The van der Waals surface area contributed by atoms with E-state index in [9.17, 15) is 4.79 Å². The van der Waals surface area contributed by atoms with Gasteiger partial charge >= 0.3 is 5.97 Å². The largest absolute Gasteiger partial charge is 0.459 e. The van der Waals surface area contributed by atoms with Crippen molar-refractivity contribution >= 4 is 28.6 Å². The van der Waals surface area contributed by atoms with Crippen LogP contribution in [-0.4, -0.2) is 26.0 Å². The Balaban J connectivity index is 2.04. The highest BCUT2D eigenvalue weighted by Gasteiger charge is 2.27. The van der Waals surface area contributed by atoms with E-state index in [-0.39, 0.29) is 25.0 Å². The zero-order valence-electron chi connectivity index (χ0n) is 15.2. The lowest BCUT2D eigenvalue weighted by Crippen LogP contribution is -2.28. The van der Waals surface area contributed by atoms with E-state index in [1.54, 1.807) is 7.11 Å². The Labute approximate surface area is 169 Å². The maximum atomic E-state index is 12.4. The lowest BCUT2D eigenvalue weighted by atomic mass is 10.0. The average Bonchev–Trinajstić information content (AvgIpc) is 2.67. The molecule has 2 atom stereocenters. The summed E-state index contributed by atoms with van der Waals surface area (Å²) < 4.78 is 17.8. The molecule has 0 bridgehead atoms. The van der Waals surface area contributed by atoms with Crippen molar-refractivity contribution < 1.29 is 19.0 Å². The van der Waals surface area contributed by atoms with Crippen molar-refractivity contribution in [1.82, 2.24) is 0 Å². The Kier molecular flexibility index (Phi) is 9.08. The number of carbonyl (C=O) groups excluding carboxylic acids is 1. The quantitative estimate of drug-likeness (QED) is 0.283. The predicted molar refractivity (Wildman–Crippen MR) is 110 cm³/mol. The third-order valence-corrected chi connectivity index (χ3v) is 5.04. The lowest BCUT2D eigenvalue weighted by Gasteiger charge is -2.27. The summed E-state index contributed by atoms with van der Waals surface area (Å²) in [5.74, 6) is -0.211. The molecule has 140 valence electrons. The summed E-state index contributed by atoms with van der Waals surface area (Å²) in [6.07, 6.45) is 0.973. The Hall–Kier alpha value is -1.44. The third-order valence-electron chi connectivity index (χ3n) is 4.06. The smallest absolute Gasteiger partial charge is 0.306 e. The fraction of sp³-hybridized carbons (Fsp3) is 0.381. The molecule has 0 saturated heterocycles. The van der Waals surface area contributed by atoms with E-state index in [4.69, 9.17) is 14.2 Å². The number of esters is 1. The number of ether oxygens (including phenoxy) is 3. The topological polar surface area (TPSA) is 44.8 Å². The Morgan fingerprint density at radius 1 is 1.08 bits per heavy atom. The molecule has 0 aliphatic heterocycles. The fourth-order valence-electron chi connectivity index (χ4n) is 2.72. The molecule has 2 rings (SSSR count). The molecule has 0 N–H and O–H groups in total. The van der Waals surface area contributed by atoms with Crippen LogP contribution in [0, 0.1) is 3.57 Å². The molecule has 0 unspecified atom stereocenters. The van der Waals surface area contributed by atoms with Crippen LogP contribution in [0.1, 0.15) is 37.0 Å². The van der Waals surface area contributed by atoms with Crippen molar-refractivity contribution in [1.29, 1.82) is 0 Å². The second-order valence-corrected chi connectivity index (χ2v) is 7.10. The molecular formula is C21H25IO4. The summed E-state index contributed by atoms with van der Waals surface area (Å²) in [4.78, 5) is 12.4. The molecule has 0 heterocycles. The van der Waals surface area contributed by atoms with Gasteiger partial charge in [0.15, 0.2) is 0 Å². The van der Waals surface area contributed by atoms with Crippen molar-refractivity contribution in [3.05, 3.63) is 69.3 Å². The Morgan fingerprint density at radius 3 is 2.42 bits per heavy atom. The summed E-state index contributed by atoms with van der Waals surface area (Å²) in [7, 11) is 1.58. The molecule has 0 aromatic heterocycles. The molecule has 0 aliphatic rings. The summed E-state index contributed by atoms with van der Waals surface area (Å²) in [5, 5.41) is 0. The van der Waals surface area contributed by atoms with E-state index in [1.807, 2.05) is 61.5 Å². The second kappa shape index (κ2) is 11.3. The van der Waals surface area contributed by atoms with Gasteiger partial charge in [0.05, 0.1) is 0 Å². The summed E-state index contributed by atoms with van der Waals surface area (Å²) >= 11 is 2.27. The van der Waals surface area contributed by atoms with Crippen molar-refractivity contribution in [2.24, 2.45) is 0 Å². The molecule has 2 aromatic rings. The van der Waals surface area contributed by atoms with Crippen LogP contribution >= 0.6 is 22.6 Å². The standard InChI is InChI=1S/C21H25IO4/c1-3-19(26-20(23)14-13-16-9-5-4-6-10-16)21(25-15-24-2)17-11-7-8-12-18(17)22/h4-12,19,21H,3,13-15H2,1-2H3/t19-,21-/m0/s1. The number of hydrogen-bond donors (Lipinski definition) is 0. The van der Waals surface area contributed by atoms with Gasteiger partial charge in [-0.15, -0.1) is 0 Å². The highest BCUT2D eigenvalue weighted by atomic mass is 127. The number of halogens is 1. The zero-order chi connectivity index (χ0) is 18.8. The van der Waals surface area contributed by atoms with Crippen molar-refractivity contribution in [2.75, 3.05) is 13.9 Å². The maximum Gasteiger partial charge on any atom is 0.306 e. The first-order chi connectivity index (χ1) is 12.7. The van der Waals surface area contributed by atoms with Gasteiger partial charge in [-0.3, -0.25) is 4.79 Å². The number of methoxy groups -OCH3 is 1. The van der Waals surface area contributed by atoms with Crippen LogP contribution in [0.15, 0.2) is 54.6 Å². The summed E-state index contributed by atoms with van der Waals surface area (Å²) in [6.45, 7) is 2.14. The van der Waals surface area contributed by atoms with Crippen LogP contribution in [0.25, 0.3) is 0 Å². The molecule has 0 amide bonds. The molecule has 4 nitrogen and oxygen atoms in total. The van der Waals surface area contributed by atoms with Crippen molar-refractivity contribution in [3.8, 4) is 0 Å². The SMILES string of the molecule is CC[C@H](OC(=O)CCc1ccccc1)[C@@H](OCOC)c1ccccc1I. The number of rotatable bonds is 10. The number of aryl methyl sites for hydroxylation is 1. The van der Waals surface area contributed by atoms with Gasteiger partial charge in [0.1, 0.15) is 19.0 Å². The molecule has 0 aliphatic carbocycles. The van der Waals surface area contributed by atoms with Crippen LogP contribution in [0.2, 0.25) is 0 Å². The van der Waals surface area contributed by atoms with Crippen LogP contribution in [0.3, 0.4) is 0 Å². The van der Waals surface area contributed by atoms with E-state index in [1.165, 1.54) is 0 Å². The highest BCUT2D eigenvalue weighted by molar-refractivity contribution is 14.1. The van der Waals surface area contributed by atoms with Crippen LogP contribution in [0.5, 0.6) is 0 Å². The molecule has 2 aromatic carbocycles. The average molecular weight is 468 g/mol. The third kappa shape index (κ3) is 6.37. The molecule has 0 fully saturated rings. The van der Waals surface area contributed by atoms with E-state index >= 15 is 0 Å². The molecule has 26 heavy (non-hydrogen) atoms. The molecule has 0 saturated carbocycles. The number of hydrogen-bond acceptors (Lipinski definition) is 4. The summed E-state index contributed by atoms with van der Waals surface area (Å²) in [5.41, 5.74) is 2.13. The van der Waals surface area contributed by atoms with Crippen molar-refractivity contribution in [2.45, 2.75) is 38.4 Å². The van der Waals surface area contributed by atoms with E-state index < -0.39 is 0 Å². The lowest BCUT2D eigenvalue weighted by molar-refractivity contribution is -0.166. The minimum Gasteiger partial charge on any atom is -0.459 e. The summed E-state index contributed by atoms with van der Waals surface area (Å²) in [6, 6.07) is 17.9. The van der Waals surface area contributed by atoms with Gasteiger partial charge in [-0.2, -0.15) is 0 Å². The van der Waals surface area contributed by atoms with Crippen LogP contribution < -0.4 is 0 Å². The van der Waals surface area contributed by atoms with E-state index in [2.05, 4.69) is 22.6 Å². The fourth-order valence-corrected chi connectivity index (χ4v) is 3.42. The van der Waals surface area contributed by atoms with Gasteiger partial charge in [-0.1, -0.05) is 55.5 Å². The van der Waals surface area contributed by atoms with Crippen LogP contribution in [-0.2, 0) is 25.4 Å². The van der Waals surface area contributed by atoms with E-state index in [0.29, 0.717) is 19.3 Å². The molecular weight excluding hydrogens is 443 g/mol. The number of carbonyl (C=O) groups is 1. The van der Waals surface area contributed by atoms with Gasteiger partial charge in [-0.05, 0) is 52.6 Å². The molecule has 5 heteroatoms. The predicted octanol–water partition coefficient (Wildman–Crippen LogP) is 4.91. The Morgan fingerprint density at radius 2 is 1.77 bits per heavy atom. The Bertz CT molecular complexity index is 675. The zero-order valence-corrected chi connectivity index (χ0v) is 17.3. The maximum absolute atomic E-state index is 12.4. The normalized spacial score (nSPS) is 13.2. The highest BCUT2D eigenvalue weighted by Crippen LogP contribution is 2.29. The van der Waals surface area contributed by atoms with Gasteiger partial charge < -0.3 is 14.2 Å². The van der Waals surface area contributed by atoms with Gasteiger partial charge in [0.2, 0.25) is 0 Å². The number of benzene rings is 2. The van der Waals surface area contributed by atoms with Gasteiger partial charge in [0.25, 0.3) is 0 Å². The molecule has 0 spiro atoms.